The van der Waals surface area contributed by atoms with Gasteiger partial charge in [0.05, 0.1) is 19.1 Å². The minimum atomic E-state index is 0.733. The number of ether oxygens (including phenoxy) is 2. The summed E-state index contributed by atoms with van der Waals surface area (Å²) < 4.78 is 9.57. The fourth-order valence-corrected chi connectivity index (χ4v) is 0.686. The quantitative estimate of drug-likeness (QED) is 0.528. The third kappa shape index (κ3) is 4.25. The SMILES string of the molecule is C1=CCOC=C1.C1=COCC1. The highest BCUT2D eigenvalue weighted by Crippen LogP contribution is 1.93. The Morgan fingerprint density at radius 3 is 2.09 bits per heavy atom. The highest BCUT2D eigenvalue weighted by Gasteiger charge is 1.84. The van der Waals surface area contributed by atoms with Crippen LogP contribution >= 0.6 is 0 Å². The van der Waals surface area contributed by atoms with Gasteiger partial charge in [-0.05, 0) is 18.2 Å². The van der Waals surface area contributed by atoms with Gasteiger partial charge in [0, 0.05) is 6.42 Å². The van der Waals surface area contributed by atoms with Crippen LogP contribution in [0.15, 0.2) is 36.8 Å². The molecule has 2 heterocycles. The van der Waals surface area contributed by atoms with Crippen molar-refractivity contribution in [3.8, 4) is 0 Å². The van der Waals surface area contributed by atoms with E-state index in [1.165, 1.54) is 0 Å². The molecule has 60 valence electrons. The van der Waals surface area contributed by atoms with E-state index < -0.39 is 0 Å². The molecule has 11 heavy (non-hydrogen) atoms. The Bertz CT molecular complexity index is 150. The van der Waals surface area contributed by atoms with E-state index in [0.29, 0.717) is 0 Å². The molecule has 0 aromatic rings. The number of rotatable bonds is 0. The molecule has 2 nitrogen and oxygen atoms in total. The van der Waals surface area contributed by atoms with Crippen LogP contribution in [0.4, 0.5) is 0 Å². The van der Waals surface area contributed by atoms with Gasteiger partial charge in [-0.1, -0.05) is 6.08 Å². The van der Waals surface area contributed by atoms with Crippen molar-refractivity contribution >= 4 is 0 Å². The van der Waals surface area contributed by atoms with Gasteiger partial charge in [-0.3, -0.25) is 0 Å². The molecule has 0 amide bonds. The minimum Gasteiger partial charge on any atom is -0.501 e. The first kappa shape index (κ1) is 7.92. The Morgan fingerprint density at radius 2 is 1.91 bits per heavy atom. The third-order valence-corrected chi connectivity index (χ3v) is 1.21. The van der Waals surface area contributed by atoms with Gasteiger partial charge in [0.15, 0.2) is 0 Å². The summed E-state index contributed by atoms with van der Waals surface area (Å²) in [6.45, 7) is 1.62. The third-order valence-electron chi connectivity index (χ3n) is 1.21. The monoisotopic (exact) mass is 152 g/mol. The first-order chi connectivity index (χ1) is 5.50. The zero-order chi connectivity index (χ0) is 7.78. The lowest BCUT2D eigenvalue weighted by molar-refractivity contribution is 0.281. The standard InChI is InChI=1S/C5H6O.C4H6O/c1-2-4-6-5-3-1;1-2-4-5-3-1/h1-4H,5H2;1,3H,2,4H2. The van der Waals surface area contributed by atoms with Crippen molar-refractivity contribution in [3.05, 3.63) is 36.8 Å². The van der Waals surface area contributed by atoms with Crippen molar-refractivity contribution in [1.82, 2.24) is 0 Å². The molecule has 0 spiro atoms. The van der Waals surface area contributed by atoms with E-state index in [1.807, 2.05) is 24.3 Å². The summed E-state index contributed by atoms with van der Waals surface area (Å²) in [5, 5.41) is 0. The van der Waals surface area contributed by atoms with Gasteiger partial charge in [0.2, 0.25) is 0 Å². The highest BCUT2D eigenvalue weighted by molar-refractivity contribution is 5.02. The first-order valence-electron chi connectivity index (χ1n) is 3.70. The van der Waals surface area contributed by atoms with Gasteiger partial charge in [-0.25, -0.2) is 0 Å². The molecule has 0 aromatic carbocycles. The van der Waals surface area contributed by atoms with Crippen molar-refractivity contribution in [3.63, 3.8) is 0 Å². The number of hydrogen-bond donors (Lipinski definition) is 0. The second-order valence-corrected chi connectivity index (χ2v) is 2.12. The van der Waals surface area contributed by atoms with Crippen molar-refractivity contribution in [2.24, 2.45) is 0 Å². The van der Waals surface area contributed by atoms with E-state index in [-0.39, 0.29) is 0 Å². The maximum atomic E-state index is 4.80. The molecule has 0 aromatic heterocycles. The molecule has 2 rings (SSSR count). The Hall–Kier alpha value is -1.18. The lowest BCUT2D eigenvalue weighted by Gasteiger charge is -1.94. The number of allylic oxidation sites excluding steroid dienone is 2. The lowest BCUT2D eigenvalue weighted by Crippen LogP contribution is -1.82. The Morgan fingerprint density at radius 1 is 0.909 bits per heavy atom. The van der Waals surface area contributed by atoms with E-state index in [9.17, 15) is 0 Å². The van der Waals surface area contributed by atoms with Crippen LogP contribution in [0.5, 0.6) is 0 Å². The number of hydrogen-bond acceptors (Lipinski definition) is 2. The summed E-state index contributed by atoms with van der Waals surface area (Å²) in [5.74, 6) is 0. The van der Waals surface area contributed by atoms with Gasteiger partial charge < -0.3 is 9.47 Å². The molecule has 0 atom stereocenters. The fourth-order valence-electron chi connectivity index (χ4n) is 0.686. The smallest absolute Gasteiger partial charge is 0.106 e. The fraction of sp³-hybridized carbons (Fsp3) is 0.333. The van der Waals surface area contributed by atoms with E-state index in [1.54, 1.807) is 12.5 Å². The Kier molecular flexibility index (Phi) is 4.03. The lowest BCUT2D eigenvalue weighted by atomic mass is 10.5. The maximum Gasteiger partial charge on any atom is 0.106 e. The van der Waals surface area contributed by atoms with E-state index >= 15 is 0 Å². The van der Waals surface area contributed by atoms with Gasteiger partial charge in [-0.15, -0.1) is 0 Å². The van der Waals surface area contributed by atoms with Gasteiger partial charge in [-0.2, -0.15) is 0 Å². The topological polar surface area (TPSA) is 18.5 Å². The average molecular weight is 152 g/mol. The summed E-state index contributed by atoms with van der Waals surface area (Å²) in [4.78, 5) is 0. The first-order valence-corrected chi connectivity index (χ1v) is 3.70. The normalized spacial score (nSPS) is 18.2. The molecule has 0 saturated heterocycles. The molecule has 0 unspecified atom stereocenters. The predicted octanol–water partition coefficient (Wildman–Crippen LogP) is 2.01. The minimum absolute atomic E-state index is 0.733. The molecule has 2 aliphatic heterocycles. The summed E-state index contributed by atoms with van der Waals surface area (Å²) in [6, 6.07) is 0. The molecule has 0 aliphatic carbocycles. The second kappa shape index (κ2) is 5.59. The van der Waals surface area contributed by atoms with Crippen LogP contribution in [0.3, 0.4) is 0 Å². The van der Waals surface area contributed by atoms with E-state index in [0.717, 1.165) is 19.6 Å². The molecular weight excluding hydrogens is 140 g/mol. The molecule has 2 aliphatic rings. The van der Waals surface area contributed by atoms with Gasteiger partial charge in [0.25, 0.3) is 0 Å². The maximum absolute atomic E-state index is 4.80. The van der Waals surface area contributed by atoms with Crippen LogP contribution in [0.1, 0.15) is 6.42 Å². The van der Waals surface area contributed by atoms with Crippen LogP contribution in [-0.2, 0) is 9.47 Å². The van der Waals surface area contributed by atoms with Crippen molar-refractivity contribution in [2.75, 3.05) is 13.2 Å². The van der Waals surface area contributed by atoms with Crippen molar-refractivity contribution in [2.45, 2.75) is 6.42 Å². The molecule has 2 heteroatoms. The van der Waals surface area contributed by atoms with Gasteiger partial charge in [0.1, 0.15) is 6.61 Å². The molecule has 0 radical (unpaired) electrons. The van der Waals surface area contributed by atoms with Crippen LogP contribution in [0.2, 0.25) is 0 Å². The van der Waals surface area contributed by atoms with Crippen LogP contribution in [0.25, 0.3) is 0 Å². The summed E-state index contributed by atoms with van der Waals surface area (Å²) in [6.07, 6.45) is 12.3. The van der Waals surface area contributed by atoms with Crippen LogP contribution < -0.4 is 0 Å². The summed E-state index contributed by atoms with van der Waals surface area (Å²) in [7, 11) is 0. The predicted molar refractivity (Wildman–Crippen MR) is 43.9 cm³/mol. The zero-order valence-corrected chi connectivity index (χ0v) is 6.40. The summed E-state index contributed by atoms with van der Waals surface area (Å²) in [5.41, 5.74) is 0. The van der Waals surface area contributed by atoms with Crippen LogP contribution in [-0.4, -0.2) is 13.2 Å². The van der Waals surface area contributed by atoms with E-state index in [4.69, 9.17) is 9.47 Å². The second-order valence-electron chi connectivity index (χ2n) is 2.12. The van der Waals surface area contributed by atoms with Gasteiger partial charge >= 0.3 is 0 Å². The molecule has 0 bridgehead atoms. The summed E-state index contributed by atoms with van der Waals surface area (Å²) >= 11 is 0. The average Bonchev–Trinajstić information content (AvgIpc) is 2.64. The Balaban J connectivity index is 0.000000112. The largest absolute Gasteiger partial charge is 0.501 e. The highest BCUT2D eigenvalue weighted by atomic mass is 16.5. The molecule has 0 N–H and O–H groups in total. The zero-order valence-electron chi connectivity index (χ0n) is 6.40. The Labute approximate surface area is 66.8 Å². The molecule has 0 fully saturated rings. The van der Waals surface area contributed by atoms with Crippen molar-refractivity contribution in [1.29, 1.82) is 0 Å². The molecule has 0 saturated carbocycles. The molecular formula is C9H12O2. The van der Waals surface area contributed by atoms with E-state index in [2.05, 4.69) is 0 Å². The van der Waals surface area contributed by atoms with Crippen LogP contribution in [0, 0.1) is 0 Å². The van der Waals surface area contributed by atoms with Crippen molar-refractivity contribution < 1.29 is 9.47 Å².